The Kier molecular flexibility index (Phi) is 19.6. The third-order valence-corrected chi connectivity index (χ3v) is 12.7. The molecule has 0 saturated carbocycles. The van der Waals surface area contributed by atoms with Crippen molar-refractivity contribution in [3.8, 4) is 11.5 Å². The van der Waals surface area contributed by atoms with Gasteiger partial charge in [0, 0.05) is 78.0 Å². The minimum absolute atomic E-state index is 0.0247. The molecule has 6 aromatic carbocycles. The predicted octanol–water partition coefficient (Wildman–Crippen LogP) is 12.3. The van der Waals surface area contributed by atoms with Crippen molar-refractivity contribution in [2.24, 2.45) is 0 Å². The van der Waals surface area contributed by atoms with Crippen molar-refractivity contribution >= 4 is 52.2 Å². The first-order chi connectivity index (χ1) is 33.4. The molecule has 0 radical (unpaired) electrons. The number of alkyl halides is 3. The molecule has 9 rings (SSSR count). The van der Waals surface area contributed by atoms with Gasteiger partial charge < -0.3 is 39.6 Å². The summed E-state index contributed by atoms with van der Waals surface area (Å²) in [7, 11) is 0. The SMILES string of the molecule is Clc1cc(OCc2c(Cl)cccc2Cl)ccc1C1CNCCO1.FC(F)(F)c1ccccc1COc1ccc(C2CNCCO2)cc1Cl.O=C(Cc1ccc(C2CNCCO2)cc1)c1ccccc1. The van der Waals surface area contributed by atoms with E-state index in [9.17, 15) is 18.0 Å². The molecule has 3 saturated heterocycles. The minimum atomic E-state index is -4.42. The van der Waals surface area contributed by atoms with Crippen LogP contribution in [0.2, 0.25) is 20.1 Å². The fourth-order valence-corrected chi connectivity index (χ4v) is 8.73. The van der Waals surface area contributed by atoms with Gasteiger partial charge >= 0.3 is 6.18 Å². The number of benzene rings is 6. The van der Waals surface area contributed by atoms with E-state index in [4.69, 9.17) is 70.1 Å². The topological polar surface area (TPSA) is 99.3 Å². The zero-order chi connectivity index (χ0) is 48.6. The first-order valence-corrected chi connectivity index (χ1v) is 24.0. The zero-order valence-electron chi connectivity index (χ0n) is 37.5. The van der Waals surface area contributed by atoms with Crippen LogP contribution in [-0.2, 0) is 40.0 Å². The fraction of sp³-hybridized carbons (Fsp3) is 0.302. The number of hydrogen-bond donors (Lipinski definition) is 3. The summed E-state index contributed by atoms with van der Waals surface area (Å²) in [6, 6.07) is 39.1. The molecular formula is C53H52Cl4F3N3O6. The Balaban J connectivity index is 0.000000153. The van der Waals surface area contributed by atoms with Gasteiger partial charge in [0.1, 0.15) is 24.7 Å². The van der Waals surface area contributed by atoms with Gasteiger partial charge in [-0.3, -0.25) is 4.79 Å². The average molecular weight is 1030 g/mol. The van der Waals surface area contributed by atoms with Gasteiger partial charge in [0.2, 0.25) is 0 Å². The number of ether oxygens (including phenoxy) is 5. The van der Waals surface area contributed by atoms with Gasteiger partial charge in [-0.1, -0.05) is 137 Å². The van der Waals surface area contributed by atoms with Gasteiger partial charge in [-0.25, -0.2) is 0 Å². The van der Waals surface area contributed by atoms with E-state index in [0.29, 0.717) is 57.8 Å². The first kappa shape index (κ1) is 52.1. The van der Waals surface area contributed by atoms with E-state index in [1.54, 1.807) is 42.5 Å². The van der Waals surface area contributed by atoms with Crippen molar-refractivity contribution in [1.82, 2.24) is 16.0 Å². The number of hydrogen-bond acceptors (Lipinski definition) is 9. The molecule has 3 heterocycles. The van der Waals surface area contributed by atoms with Crippen LogP contribution in [0.4, 0.5) is 13.2 Å². The van der Waals surface area contributed by atoms with E-state index in [1.807, 2.05) is 60.7 Å². The average Bonchev–Trinajstić information content (AvgIpc) is 3.37. The van der Waals surface area contributed by atoms with Crippen LogP contribution in [-0.4, -0.2) is 64.9 Å². The second kappa shape index (κ2) is 26.0. The van der Waals surface area contributed by atoms with Gasteiger partial charge in [0.05, 0.1) is 53.7 Å². The maximum Gasteiger partial charge on any atom is 0.416 e. The maximum absolute atomic E-state index is 13.0. The molecule has 6 aromatic rings. The second-order valence-electron chi connectivity index (χ2n) is 16.2. The fourth-order valence-electron chi connectivity index (χ4n) is 7.68. The number of Topliss-reactive ketones (excluding diaryl/α,β-unsaturated/α-hetero) is 1. The molecule has 0 bridgehead atoms. The van der Waals surface area contributed by atoms with Gasteiger partial charge in [-0.15, -0.1) is 0 Å². The Hall–Kier alpha value is -4.70. The number of halogens is 7. The van der Waals surface area contributed by atoms with Crippen molar-refractivity contribution in [2.45, 2.75) is 44.1 Å². The lowest BCUT2D eigenvalue weighted by molar-refractivity contribution is -0.138. The van der Waals surface area contributed by atoms with Crippen LogP contribution in [0.3, 0.4) is 0 Å². The van der Waals surface area contributed by atoms with Crippen LogP contribution < -0.4 is 25.4 Å². The molecule has 16 heteroatoms. The Bertz CT molecular complexity index is 2550. The first-order valence-electron chi connectivity index (χ1n) is 22.5. The van der Waals surface area contributed by atoms with E-state index < -0.39 is 11.7 Å². The van der Waals surface area contributed by atoms with Crippen molar-refractivity contribution < 1.29 is 41.7 Å². The van der Waals surface area contributed by atoms with E-state index in [0.717, 1.165) is 78.8 Å². The lowest BCUT2D eigenvalue weighted by Crippen LogP contribution is -2.33. The largest absolute Gasteiger partial charge is 0.489 e. The molecule has 3 aliphatic rings. The number of nitrogens with one attached hydrogen (secondary N) is 3. The summed E-state index contributed by atoms with van der Waals surface area (Å²) in [4.78, 5) is 12.2. The molecule has 0 aromatic heterocycles. The van der Waals surface area contributed by atoms with Crippen LogP contribution in [0.15, 0.2) is 133 Å². The third kappa shape index (κ3) is 15.4. The summed E-state index contributed by atoms with van der Waals surface area (Å²) in [5, 5.41) is 12.0. The lowest BCUT2D eigenvalue weighted by atomic mass is 10.0. The summed E-state index contributed by atoms with van der Waals surface area (Å²) in [5.41, 5.74) is 4.95. The van der Waals surface area contributed by atoms with E-state index in [1.165, 1.54) is 12.1 Å². The Labute approximate surface area is 420 Å². The molecule has 3 atom stereocenters. The molecule has 364 valence electrons. The summed E-state index contributed by atoms with van der Waals surface area (Å²) >= 11 is 24.9. The highest BCUT2D eigenvalue weighted by Crippen LogP contribution is 2.35. The highest BCUT2D eigenvalue weighted by molar-refractivity contribution is 6.36. The monoisotopic (exact) mass is 1020 g/mol. The van der Waals surface area contributed by atoms with Gasteiger partial charge in [-0.2, -0.15) is 13.2 Å². The van der Waals surface area contributed by atoms with Crippen molar-refractivity contribution in [3.63, 3.8) is 0 Å². The predicted molar refractivity (Wildman–Crippen MR) is 265 cm³/mol. The Morgan fingerprint density at radius 1 is 0.580 bits per heavy atom. The van der Waals surface area contributed by atoms with Crippen molar-refractivity contribution in [1.29, 1.82) is 0 Å². The Morgan fingerprint density at radius 2 is 1.17 bits per heavy atom. The van der Waals surface area contributed by atoms with Gasteiger partial charge in [0.15, 0.2) is 5.78 Å². The summed E-state index contributed by atoms with van der Waals surface area (Å²) in [6.45, 7) is 7.02. The highest BCUT2D eigenvalue weighted by Gasteiger charge is 2.33. The molecule has 3 aliphatic heterocycles. The molecule has 3 fully saturated rings. The van der Waals surface area contributed by atoms with E-state index >= 15 is 0 Å². The molecule has 69 heavy (non-hydrogen) atoms. The number of carbonyl (C=O) groups is 1. The molecule has 9 nitrogen and oxygen atoms in total. The maximum atomic E-state index is 13.0. The number of ketones is 1. The molecular weight excluding hydrogens is 973 g/mol. The van der Waals surface area contributed by atoms with Crippen LogP contribution in [0.5, 0.6) is 11.5 Å². The molecule has 3 unspecified atom stereocenters. The Morgan fingerprint density at radius 3 is 1.77 bits per heavy atom. The van der Waals surface area contributed by atoms with Crippen LogP contribution in [0.1, 0.15) is 67.6 Å². The summed E-state index contributed by atoms with van der Waals surface area (Å²) in [5.74, 6) is 1.16. The zero-order valence-corrected chi connectivity index (χ0v) is 40.5. The lowest BCUT2D eigenvalue weighted by Gasteiger charge is -2.25. The number of carbonyl (C=O) groups excluding carboxylic acids is 1. The van der Waals surface area contributed by atoms with Crippen LogP contribution >= 0.6 is 46.4 Å². The molecule has 0 spiro atoms. The molecule has 3 N–H and O–H groups in total. The van der Waals surface area contributed by atoms with E-state index in [2.05, 4.69) is 28.1 Å². The quantitative estimate of drug-likeness (QED) is 0.104. The minimum Gasteiger partial charge on any atom is -0.489 e. The molecule has 0 amide bonds. The summed E-state index contributed by atoms with van der Waals surface area (Å²) < 4.78 is 67.4. The van der Waals surface area contributed by atoms with Crippen molar-refractivity contribution in [3.05, 3.63) is 198 Å². The van der Waals surface area contributed by atoms with Gasteiger partial charge in [-0.05, 0) is 59.2 Å². The summed E-state index contributed by atoms with van der Waals surface area (Å²) in [6.07, 6.45) is -3.97. The van der Waals surface area contributed by atoms with Crippen molar-refractivity contribution in [2.75, 3.05) is 59.1 Å². The van der Waals surface area contributed by atoms with Crippen LogP contribution in [0.25, 0.3) is 0 Å². The molecule has 0 aliphatic carbocycles. The standard InChI is InChI=1S/C18H17ClF3NO2.C18H19NO2.C17H16Cl3NO2/c19-15-9-12(17-10-23-7-8-24-17)5-6-16(15)25-11-13-3-1-2-4-14(13)18(20,21)22;20-17(15-4-2-1-3-5-15)12-14-6-8-16(9-7-14)18-13-19-10-11-21-18;18-14-2-1-3-15(19)13(14)10-23-11-4-5-12(16(20)8-11)17-9-21-6-7-22-17/h1-6,9,17,23H,7-8,10-11H2;1-9,18-19H,10-13H2;1-5,8,17,21H,6-7,9-10H2. The van der Waals surface area contributed by atoms with Gasteiger partial charge in [0.25, 0.3) is 0 Å². The smallest absolute Gasteiger partial charge is 0.416 e. The highest BCUT2D eigenvalue weighted by atomic mass is 35.5. The number of morpholine rings is 3. The van der Waals surface area contributed by atoms with E-state index in [-0.39, 0.29) is 42.9 Å². The van der Waals surface area contributed by atoms with Crippen LogP contribution in [0, 0.1) is 0 Å². The normalized spacial score (nSPS) is 18.2. The number of rotatable bonds is 12. The second-order valence-corrected chi connectivity index (χ2v) is 17.8. The third-order valence-electron chi connectivity index (χ3n) is 11.4.